The molecule has 2 heterocycles. The molecule has 0 bridgehead atoms. The second-order valence-corrected chi connectivity index (χ2v) is 4.90. The first-order chi connectivity index (χ1) is 9.79. The Morgan fingerprint density at radius 2 is 1.95 bits per heavy atom. The standard InChI is InChI=1S/C14H7ClN4O/c15-8-5-6-9-11(7-8)16-18-19-12-4-2-1-3-10(12)13(17-20)14(9)19/h1-7H. The molecule has 0 radical (unpaired) electrons. The molecular weight excluding hydrogens is 276 g/mol. The number of hydrogen-bond acceptors (Lipinski definition) is 4. The van der Waals surface area contributed by atoms with E-state index in [9.17, 15) is 4.91 Å². The molecular formula is C14H7ClN4O. The van der Waals surface area contributed by atoms with Crippen molar-refractivity contribution in [3.05, 3.63) is 52.4 Å². The molecule has 0 amide bonds. The molecule has 0 fully saturated rings. The van der Waals surface area contributed by atoms with Gasteiger partial charge in [0, 0.05) is 15.8 Å². The fourth-order valence-corrected chi connectivity index (χ4v) is 2.68. The average Bonchev–Trinajstić information content (AvgIpc) is 2.81. The van der Waals surface area contributed by atoms with Gasteiger partial charge < -0.3 is 0 Å². The molecule has 20 heavy (non-hydrogen) atoms. The van der Waals surface area contributed by atoms with Crippen molar-refractivity contribution >= 4 is 44.6 Å². The van der Waals surface area contributed by atoms with E-state index in [2.05, 4.69) is 15.5 Å². The van der Waals surface area contributed by atoms with Gasteiger partial charge in [0.1, 0.15) is 11.2 Å². The van der Waals surface area contributed by atoms with Crippen molar-refractivity contribution in [3.63, 3.8) is 0 Å². The fraction of sp³-hybridized carbons (Fsp3) is 0. The molecule has 2 aromatic heterocycles. The highest BCUT2D eigenvalue weighted by atomic mass is 35.5. The van der Waals surface area contributed by atoms with Gasteiger partial charge in [-0.05, 0) is 29.4 Å². The summed E-state index contributed by atoms with van der Waals surface area (Å²) < 4.78 is 1.64. The predicted molar refractivity (Wildman–Crippen MR) is 78.5 cm³/mol. The molecule has 2 aromatic carbocycles. The number of hydrogen-bond donors (Lipinski definition) is 0. The first-order valence-corrected chi connectivity index (χ1v) is 6.36. The highest BCUT2D eigenvalue weighted by Gasteiger charge is 2.16. The van der Waals surface area contributed by atoms with E-state index < -0.39 is 0 Å². The second kappa shape index (κ2) is 3.98. The number of halogens is 1. The summed E-state index contributed by atoms with van der Waals surface area (Å²) in [6, 6.07) is 12.8. The number of nitroso groups, excluding NO2 is 1. The summed E-state index contributed by atoms with van der Waals surface area (Å²) >= 11 is 5.96. The van der Waals surface area contributed by atoms with Gasteiger partial charge in [-0.25, -0.2) is 4.52 Å². The average molecular weight is 283 g/mol. The van der Waals surface area contributed by atoms with Crippen LogP contribution in [0.3, 0.4) is 0 Å². The minimum atomic E-state index is 0.378. The molecule has 0 aliphatic rings. The smallest absolute Gasteiger partial charge is 0.143 e. The molecule has 96 valence electrons. The highest BCUT2D eigenvalue weighted by molar-refractivity contribution is 6.31. The van der Waals surface area contributed by atoms with Crippen molar-refractivity contribution in [2.75, 3.05) is 0 Å². The van der Waals surface area contributed by atoms with Crippen molar-refractivity contribution in [1.29, 1.82) is 0 Å². The minimum absolute atomic E-state index is 0.378. The van der Waals surface area contributed by atoms with Gasteiger partial charge >= 0.3 is 0 Å². The Bertz CT molecular complexity index is 993. The van der Waals surface area contributed by atoms with E-state index in [0.717, 1.165) is 16.3 Å². The maximum atomic E-state index is 11.3. The van der Waals surface area contributed by atoms with Crippen LogP contribution in [0.25, 0.3) is 27.3 Å². The van der Waals surface area contributed by atoms with Gasteiger partial charge in [0.2, 0.25) is 0 Å². The van der Waals surface area contributed by atoms with Crippen molar-refractivity contribution in [2.24, 2.45) is 5.18 Å². The van der Waals surface area contributed by atoms with E-state index in [0.29, 0.717) is 21.7 Å². The Morgan fingerprint density at radius 3 is 2.80 bits per heavy atom. The van der Waals surface area contributed by atoms with Crippen LogP contribution in [0.5, 0.6) is 0 Å². The topological polar surface area (TPSA) is 59.6 Å². The van der Waals surface area contributed by atoms with Crippen LogP contribution in [-0.4, -0.2) is 14.8 Å². The predicted octanol–water partition coefficient (Wildman–Crippen LogP) is 4.09. The first-order valence-electron chi connectivity index (χ1n) is 5.98. The third kappa shape index (κ3) is 1.38. The molecule has 0 aliphatic carbocycles. The van der Waals surface area contributed by atoms with Crippen LogP contribution in [0.15, 0.2) is 47.6 Å². The van der Waals surface area contributed by atoms with Crippen LogP contribution in [-0.2, 0) is 0 Å². The molecule has 0 unspecified atom stereocenters. The quantitative estimate of drug-likeness (QED) is 0.494. The van der Waals surface area contributed by atoms with Crippen LogP contribution in [0.1, 0.15) is 0 Å². The lowest BCUT2D eigenvalue weighted by atomic mass is 10.2. The van der Waals surface area contributed by atoms with E-state index in [1.165, 1.54) is 0 Å². The van der Waals surface area contributed by atoms with Crippen molar-refractivity contribution in [3.8, 4) is 0 Å². The lowest BCUT2D eigenvalue weighted by Gasteiger charge is -2.00. The Morgan fingerprint density at radius 1 is 1.10 bits per heavy atom. The largest absolute Gasteiger partial charge is 0.211 e. The normalized spacial score (nSPS) is 11.4. The number of nitrogens with zero attached hydrogens (tertiary/aromatic N) is 4. The zero-order chi connectivity index (χ0) is 13.7. The Kier molecular flexibility index (Phi) is 2.25. The molecule has 4 aromatic rings. The van der Waals surface area contributed by atoms with Gasteiger partial charge in [-0.15, -0.1) is 10.0 Å². The molecule has 6 heteroatoms. The Hall–Kier alpha value is -2.53. The Labute approximate surface area is 117 Å². The lowest BCUT2D eigenvalue weighted by molar-refractivity contribution is 0.855. The summed E-state index contributed by atoms with van der Waals surface area (Å²) in [7, 11) is 0. The van der Waals surface area contributed by atoms with Crippen molar-refractivity contribution < 1.29 is 0 Å². The Balaban J connectivity index is 2.35. The summed E-state index contributed by atoms with van der Waals surface area (Å²) in [4.78, 5) is 11.3. The van der Waals surface area contributed by atoms with Gasteiger partial charge in [-0.2, -0.15) is 0 Å². The van der Waals surface area contributed by atoms with Gasteiger partial charge in [0.05, 0.1) is 11.0 Å². The maximum absolute atomic E-state index is 11.3. The fourth-order valence-electron chi connectivity index (χ4n) is 2.51. The number of rotatable bonds is 1. The summed E-state index contributed by atoms with van der Waals surface area (Å²) in [5, 5.41) is 13.6. The van der Waals surface area contributed by atoms with Gasteiger partial charge in [0.25, 0.3) is 0 Å². The maximum Gasteiger partial charge on any atom is 0.143 e. The van der Waals surface area contributed by atoms with Gasteiger partial charge in [-0.1, -0.05) is 35.0 Å². The van der Waals surface area contributed by atoms with Crippen LogP contribution in [0.4, 0.5) is 5.69 Å². The summed E-state index contributed by atoms with van der Waals surface area (Å²) in [5.41, 5.74) is 2.48. The third-order valence-electron chi connectivity index (χ3n) is 3.37. The monoisotopic (exact) mass is 282 g/mol. The molecule has 0 saturated heterocycles. The van der Waals surface area contributed by atoms with Crippen LogP contribution >= 0.6 is 11.6 Å². The molecule has 5 nitrogen and oxygen atoms in total. The van der Waals surface area contributed by atoms with E-state index in [4.69, 9.17) is 11.6 Å². The van der Waals surface area contributed by atoms with Gasteiger partial charge in [-0.3, -0.25) is 0 Å². The number of fused-ring (bicyclic) bond motifs is 5. The lowest BCUT2D eigenvalue weighted by Crippen LogP contribution is -1.95. The second-order valence-electron chi connectivity index (χ2n) is 4.47. The third-order valence-corrected chi connectivity index (χ3v) is 3.61. The summed E-state index contributed by atoms with van der Waals surface area (Å²) in [5.74, 6) is 0. The van der Waals surface area contributed by atoms with Crippen LogP contribution in [0, 0.1) is 4.91 Å². The van der Waals surface area contributed by atoms with E-state index in [1.54, 1.807) is 16.6 Å². The number of benzene rings is 2. The summed E-state index contributed by atoms with van der Waals surface area (Å²) in [6.07, 6.45) is 0. The summed E-state index contributed by atoms with van der Waals surface area (Å²) in [6.45, 7) is 0. The van der Waals surface area contributed by atoms with E-state index in [1.807, 2.05) is 30.3 Å². The highest BCUT2D eigenvalue weighted by Crippen LogP contribution is 2.36. The van der Waals surface area contributed by atoms with E-state index in [-0.39, 0.29) is 0 Å². The van der Waals surface area contributed by atoms with Crippen molar-refractivity contribution in [1.82, 2.24) is 14.8 Å². The van der Waals surface area contributed by atoms with Crippen LogP contribution in [0.2, 0.25) is 5.02 Å². The number of para-hydroxylation sites is 1. The molecule has 0 aliphatic heterocycles. The first kappa shape index (κ1) is 11.3. The molecule has 0 saturated carbocycles. The van der Waals surface area contributed by atoms with Crippen LogP contribution < -0.4 is 0 Å². The molecule has 0 atom stereocenters. The van der Waals surface area contributed by atoms with Crippen molar-refractivity contribution in [2.45, 2.75) is 0 Å². The van der Waals surface area contributed by atoms with E-state index >= 15 is 0 Å². The SMILES string of the molecule is O=Nc1c2ccccc2n2nnc3cc(Cl)ccc3c12. The zero-order valence-electron chi connectivity index (χ0n) is 10.1. The van der Waals surface area contributed by atoms with Gasteiger partial charge in [0.15, 0.2) is 0 Å². The minimum Gasteiger partial charge on any atom is -0.211 e. The molecule has 4 rings (SSSR count). The molecule has 0 N–H and O–H groups in total. The zero-order valence-corrected chi connectivity index (χ0v) is 10.9. The molecule has 0 spiro atoms. The number of aromatic nitrogens is 3.